The summed E-state index contributed by atoms with van der Waals surface area (Å²) in [5.41, 5.74) is 3.31. The van der Waals surface area contributed by atoms with E-state index in [1.165, 1.54) is 0 Å². The lowest BCUT2D eigenvalue weighted by atomic mass is 10.1. The third-order valence-corrected chi connectivity index (χ3v) is 4.10. The summed E-state index contributed by atoms with van der Waals surface area (Å²) in [6, 6.07) is 14.3. The molecule has 0 aromatic heterocycles. The zero-order valence-electron chi connectivity index (χ0n) is 12.2. The fraction of sp³-hybridized carbons (Fsp3) is 0.294. The van der Waals surface area contributed by atoms with Crippen molar-refractivity contribution in [2.24, 2.45) is 0 Å². The van der Waals surface area contributed by atoms with Gasteiger partial charge in [0.1, 0.15) is 0 Å². The lowest BCUT2D eigenvalue weighted by Crippen LogP contribution is -2.09. The van der Waals surface area contributed by atoms with Crippen LogP contribution in [-0.2, 0) is 11.3 Å². The molecule has 0 heterocycles. The highest BCUT2D eigenvalue weighted by atomic mass is 79.9. The van der Waals surface area contributed by atoms with E-state index in [-0.39, 0.29) is 6.04 Å². The molecule has 0 spiro atoms. The van der Waals surface area contributed by atoms with Crippen molar-refractivity contribution in [3.63, 3.8) is 0 Å². The average Bonchev–Trinajstić information content (AvgIpc) is 2.46. The number of halogens is 2. The Hall–Kier alpha value is -1.03. The van der Waals surface area contributed by atoms with E-state index in [0.717, 1.165) is 26.3 Å². The van der Waals surface area contributed by atoms with Crippen molar-refractivity contribution in [3.8, 4) is 0 Å². The number of benzene rings is 2. The molecular weight excluding hydrogens is 350 g/mol. The topological polar surface area (TPSA) is 21.3 Å². The molecule has 0 aliphatic heterocycles. The highest BCUT2D eigenvalue weighted by Crippen LogP contribution is 2.29. The molecule has 1 N–H and O–H groups in total. The summed E-state index contributed by atoms with van der Waals surface area (Å²) in [5, 5.41) is 4.27. The Labute approximate surface area is 139 Å². The van der Waals surface area contributed by atoms with Crippen molar-refractivity contribution < 1.29 is 4.74 Å². The maximum Gasteiger partial charge on any atom is 0.0736 e. The van der Waals surface area contributed by atoms with E-state index in [1.54, 1.807) is 0 Å². The van der Waals surface area contributed by atoms with Crippen LogP contribution in [0.3, 0.4) is 0 Å². The molecule has 21 heavy (non-hydrogen) atoms. The van der Waals surface area contributed by atoms with E-state index in [1.807, 2.05) is 37.3 Å². The summed E-state index contributed by atoms with van der Waals surface area (Å²) in [6.07, 6.45) is 0. The van der Waals surface area contributed by atoms with Gasteiger partial charge in [-0.25, -0.2) is 0 Å². The minimum absolute atomic E-state index is 0.119. The lowest BCUT2D eigenvalue weighted by Gasteiger charge is -2.19. The molecule has 0 radical (unpaired) electrons. The third-order valence-electron chi connectivity index (χ3n) is 3.28. The number of ether oxygens (including phenoxy) is 1. The van der Waals surface area contributed by atoms with Gasteiger partial charge in [-0.15, -0.1) is 0 Å². The normalized spacial score (nSPS) is 12.2. The molecule has 0 aliphatic carbocycles. The van der Waals surface area contributed by atoms with Crippen LogP contribution < -0.4 is 5.32 Å². The first-order chi connectivity index (χ1) is 10.1. The van der Waals surface area contributed by atoms with Crippen LogP contribution in [-0.4, -0.2) is 6.61 Å². The summed E-state index contributed by atoms with van der Waals surface area (Å²) in [4.78, 5) is 0. The Morgan fingerprint density at radius 1 is 1.24 bits per heavy atom. The summed E-state index contributed by atoms with van der Waals surface area (Å²) < 4.78 is 6.50. The Morgan fingerprint density at radius 3 is 2.71 bits per heavy atom. The van der Waals surface area contributed by atoms with Gasteiger partial charge in [0.05, 0.1) is 12.6 Å². The predicted molar refractivity (Wildman–Crippen MR) is 93.0 cm³/mol. The second-order valence-electron chi connectivity index (χ2n) is 4.83. The van der Waals surface area contributed by atoms with Crippen molar-refractivity contribution in [2.45, 2.75) is 26.5 Å². The average molecular weight is 369 g/mol. The van der Waals surface area contributed by atoms with Crippen LogP contribution in [0.1, 0.15) is 31.0 Å². The van der Waals surface area contributed by atoms with Gasteiger partial charge in [0, 0.05) is 27.4 Å². The van der Waals surface area contributed by atoms with Gasteiger partial charge in [-0.05, 0) is 37.6 Å². The highest BCUT2D eigenvalue weighted by Gasteiger charge is 2.11. The van der Waals surface area contributed by atoms with Gasteiger partial charge in [0.2, 0.25) is 0 Å². The first kappa shape index (κ1) is 16.3. The smallest absolute Gasteiger partial charge is 0.0736 e. The van der Waals surface area contributed by atoms with Crippen molar-refractivity contribution in [2.75, 3.05) is 11.9 Å². The van der Waals surface area contributed by atoms with Crippen molar-refractivity contribution in [1.29, 1.82) is 0 Å². The molecule has 0 aliphatic rings. The van der Waals surface area contributed by atoms with E-state index in [4.69, 9.17) is 16.3 Å². The molecule has 2 rings (SSSR count). The molecule has 4 heteroatoms. The maximum absolute atomic E-state index is 6.32. The largest absolute Gasteiger partial charge is 0.378 e. The molecule has 2 aromatic rings. The molecule has 0 fully saturated rings. The monoisotopic (exact) mass is 367 g/mol. The zero-order chi connectivity index (χ0) is 15.2. The second kappa shape index (κ2) is 7.83. The van der Waals surface area contributed by atoms with Crippen LogP contribution in [0.4, 0.5) is 5.69 Å². The maximum atomic E-state index is 6.32. The Morgan fingerprint density at radius 2 is 2.00 bits per heavy atom. The molecule has 1 unspecified atom stereocenters. The molecule has 2 nitrogen and oxygen atoms in total. The van der Waals surface area contributed by atoms with Gasteiger partial charge in [-0.1, -0.05) is 51.8 Å². The number of para-hydroxylation sites is 1. The second-order valence-corrected chi connectivity index (χ2v) is 6.15. The first-order valence-corrected chi connectivity index (χ1v) is 8.16. The Kier molecular flexibility index (Phi) is 6.09. The van der Waals surface area contributed by atoms with Gasteiger partial charge in [-0.2, -0.15) is 0 Å². The zero-order valence-corrected chi connectivity index (χ0v) is 14.5. The number of hydrogen-bond donors (Lipinski definition) is 1. The molecular formula is C17H19BrClNO. The predicted octanol–water partition coefficient (Wildman–Crippen LogP) is 5.81. The fourth-order valence-electron chi connectivity index (χ4n) is 2.16. The van der Waals surface area contributed by atoms with Gasteiger partial charge >= 0.3 is 0 Å². The van der Waals surface area contributed by atoms with Crippen LogP contribution in [0.25, 0.3) is 0 Å². The third kappa shape index (κ3) is 4.47. The molecule has 1 atom stereocenters. The van der Waals surface area contributed by atoms with Gasteiger partial charge in [0.25, 0.3) is 0 Å². The highest BCUT2D eigenvalue weighted by molar-refractivity contribution is 9.10. The molecule has 2 aromatic carbocycles. The minimum Gasteiger partial charge on any atom is -0.378 e. The summed E-state index contributed by atoms with van der Waals surface area (Å²) in [5.74, 6) is 0. The SMILES string of the molecule is CCOCc1ccccc1NC(C)c1ccc(Br)cc1Cl. The van der Waals surface area contributed by atoms with Gasteiger partial charge < -0.3 is 10.1 Å². The quantitative estimate of drug-likeness (QED) is 0.694. The van der Waals surface area contributed by atoms with E-state index >= 15 is 0 Å². The first-order valence-electron chi connectivity index (χ1n) is 6.99. The molecule has 0 amide bonds. The number of hydrogen-bond acceptors (Lipinski definition) is 2. The van der Waals surface area contributed by atoms with Crippen LogP contribution >= 0.6 is 27.5 Å². The van der Waals surface area contributed by atoms with E-state index < -0.39 is 0 Å². The van der Waals surface area contributed by atoms with E-state index in [9.17, 15) is 0 Å². The van der Waals surface area contributed by atoms with E-state index in [2.05, 4.69) is 40.3 Å². The standard InChI is InChI=1S/C17H19BrClNO/c1-3-21-11-13-6-4-5-7-17(13)20-12(2)15-9-8-14(18)10-16(15)19/h4-10,12,20H,3,11H2,1-2H3. The van der Waals surface area contributed by atoms with Crippen LogP contribution in [0.15, 0.2) is 46.9 Å². The Bertz CT molecular complexity index is 603. The summed E-state index contributed by atoms with van der Waals surface area (Å²) >= 11 is 9.75. The van der Waals surface area contributed by atoms with Crippen LogP contribution in [0.2, 0.25) is 5.02 Å². The molecule has 0 saturated carbocycles. The van der Waals surface area contributed by atoms with Crippen LogP contribution in [0.5, 0.6) is 0 Å². The van der Waals surface area contributed by atoms with Gasteiger partial charge in [0.15, 0.2) is 0 Å². The molecule has 0 saturated heterocycles. The number of rotatable bonds is 6. The number of nitrogens with one attached hydrogen (secondary N) is 1. The summed E-state index contributed by atoms with van der Waals surface area (Å²) in [6.45, 7) is 5.43. The van der Waals surface area contributed by atoms with Crippen molar-refractivity contribution in [3.05, 3.63) is 63.1 Å². The summed E-state index contributed by atoms with van der Waals surface area (Å²) in [7, 11) is 0. The van der Waals surface area contributed by atoms with Gasteiger partial charge in [-0.3, -0.25) is 0 Å². The number of anilines is 1. The van der Waals surface area contributed by atoms with Crippen LogP contribution in [0, 0.1) is 0 Å². The minimum atomic E-state index is 0.119. The lowest BCUT2D eigenvalue weighted by molar-refractivity contribution is 0.134. The van der Waals surface area contributed by atoms with Crippen molar-refractivity contribution >= 4 is 33.2 Å². The van der Waals surface area contributed by atoms with E-state index in [0.29, 0.717) is 13.2 Å². The van der Waals surface area contributed by atoms with Crippen molar-refractivity contribution in [1.82, 2.24) is 0 Å². The Balaban J connectivity index is 2.17. The molecule has 0 bridgehead atoms. The fourth-order valence-corrected chi connectivity index (χ4v) is 3.00. The molecule has 112 valence electrons.